The van der Waals surface area contributed by atoms with Crippen molar-refractivity contribution in [3.63, 3.8) is 0 Å². The maximum Gasteiger partial charge on any atom is 0.472 e. The van der Waals surface area contributed by atoms with Crippen LogP contribution in [0, 0.1) is 0 Å². The minimum atomic E-state index is -6.42. The molecule has 0 spiro atoms. The van der Waals surface area contributed by atoms with Gasteiger partial charge in [-0.3, -0.25) is 4.55 Å². The van der Waals surface area contributed by atoms with Gasteiger partial charge in [0.15, 0.2) is 0 Å². The van der Waals surface area contributed by atoms with Crippen molar-refractivity contribution in [2.24, 2.45) is 0 Å². The summed E-state index contributed by atoms with van der Waals surface area (Å²) in [6.07, 6.45) is -6.29. The van der Waals surface area contributed by atoms with Gasteiger partial charge in [-0.15, -0.1) is 0 Å². The molecule has 0 atom stereocenters. The van der Waals surface area contributed by atoms with E-state index in [1.807, 2.05) is 0 Å². The number of rotatable bonds is 1. The third-order valence-corrected chi connectivity index (χ3v) is 1.53. The summed E-state index contributed by atoms with van der Waals surface area (Å²) < 4.78 is 82.2. The van der Waals surface area contributed by atoms with Crippen LogP contribution >= 0.6 is 0 Å². The van der Waals surface area contributed by atoms with Gasteiger partial charge in [0.1, 0.15) is 0 Å². The molecule has 0 bridgehead atoms. The van der Waals surface area contributed by atoms with Crippen LogP contribution in [0.1, 0.15) is 0 Å². The SMILES string of the molecule is N.O=S(=O)(O)C(F)(F)C(F)(F)F. The second-order valence-corrected chi connectivity index (χ2v) is 2.95. The van der Waals surface area contributed by atoms with Crippen LogP contribution in [0.5, 0.6) is 0 Å². The summed E-state index contributed by atoms with van der Waals surface area (Å²) in [5.41, 5.74) is 0. The zero-order chi connectivity index (χ0) is 9.50. The Labute approximate surface area is 63.7 Å². The van der Waals surface area contributed by atoms with E-state index in [2.05, 4.69) is 0 Å². The summed E-state index contributed by atoms with van der Waals surface area (Å²) in [5, 5.41) is -6.10. The average molecular weight is 217 g/mol. The number of halogens is 5. The van der Waals surface area contributed by atoms with Crippen LogP contribution in [-0.4, -0.2) is 24.4 Å². The molecule has 0 aliphatic carbocycles. The highest BCUT2D eigenvalue weighted by molar-refractivity contribution is 7.86. The van der Waals surface area contributed by atoms with Crippen molar-refractivity contribution >= 4 is 10.1 Å². The minimum absolute atomic E-state index is 0. The molecule has 0 rings (SSSR count). The first-order chi connectivity index (χ1) is 4.50. The summed E-state index contributed by atoms with van der Waals surface area (Å²) in [6, 6.07) is 0. The largest absolute Gasteiger partial charge is 0.472 e. The van der Waals surface area contributed by atoms with Crippen LogP contribution in [0.2, 0.25) is 0 Å². The van der Waals surface area contributed by atoms with E-state index < -0.39 is 21.5 Å². The molecule has 10 heteroatoms. The molecular weight excluding hydrogens is 213 g/mol. The summed E-state index contributed by atoms with van der Waals surface area (Å²) in [6.45, 7) is 0. The summed E-state index contributed by atoms with van der Waals surface area (Å²) in [7, 11) is -6.42. The molecule has 0 aromatic rings. The Morgan fingerprint density at radius 1 is 1.00 bits per heavy atom. The normalized spacial score (nSPS) is 13.8. The number of alkyl halides is 5. The lowest BCUT2D eigenvalue weighted by molar-refractivity contribution is -0.243. The first-order valence-electron chi connectivity index (χ1n) is 1.91. The van der Waals surface area contributed by atoms with Gasteiger partial charge in [0.2, 0.25) is 0 Å². The Kier molecular flexibility index (Phi) is 3.64. The van der Waals surface area contributed by atoms with Crippen molar-refractivity contribution in [3.05, 3.63) is 0 Å². The van der Waals surface area contributed by atoms with Crippen LogP contribution < -0.4 is 6.15 Å². The van der Waals surface area contributed by atoms with Crippen LogP contribution in [-0.2, 0) is 10.1 Å². The maximum atomic E-state index is 11.5. The standard InChI is InChI=1S/C2HF5O3S.H3N/c3-1(4,5)2(6,7)11(8,9)10;/h(H,8,9,10);1H3. The van der Waals surface area contributed by atoms with E-state index in [0.29, 0.717) is 0 Å². The zero-order valence-corrected chi connectivity index (χ0v) is 6.09. The van der Waals surface area contributed by atoms with Crippen molar-refractivity contribution in [3.8, 4) is 0 Å². The van der Waals surface area contributed by atoms with Gasteiger partial charge in [0, 0.05) is 0 Å². The van der Waals surface area contributed by atoms with Gasteiger partial charge >= 0.3 is 21.5 Å². The molecule has 0 amide bonds. The summed E-state index contributed by atoms with van der Waals surface area (Å²) >= 11 is 0. The molecule has 0 aliphatic heterocycles. The van der Waals surface area contributed by atoms with Crippen LogP contribution in [0.15, 0.2) is 0 Å². The molecule has 0 aromatic carbocycles. The van der Waals surface area contributed by atoms with Gasteiger partial charge < -0.3 is 6.15 Å². The average Bonchev–Trinajstić information content (AvgIpc) is 1.58. The van der Waals surface area contributed by atoms with E-state index in [9.17, 15) is 30.4 Å². The van der Waals surface area contributed by atoms with E-state index in [0.717, 1.165) is 0 Å². The third kappa shape index (κ3) is 2.25. The Morgan fingerprint density at radius 2 is 1.25 bits per heavy atom. The molecule has 12 heavy (non-hydrogen) atoms. The molecule has 0 saturated heterocycles. The molecule has 4 N–H and O–H groups in total. The van der Waals surface area contributed by atoms with Gasteiger partial charge in [0.25, 0.3) is 0 Å². The predicted molar refractivity (Wildman–Crippen MR) is 27.6 cm³/mol. The first kappa shape index (κ1) is 14.1. The van der Waals surface area contributed by atoms with Gasteiger partial charge in [-0.25, -0.2) is 0 Å². The lowest BCUT2D eigenvalue weighted by Gasteiger charge is -2.15. The van der Waals surface area contributed by atoms with E-state index in [1.54, 1.807) is 0 Å². The second kappa shape index (κ2) is 3.11. The molecule has 76 valence electrons. The van der Waals surface area contributed by atoms with E-state index in [1.165, 1.54) is 0 Å². The fourth-order valence-corrected chi connectivity index (χ4v) is 0.439. The zero-order valence-electron chi connectivity index (χ0n) is 5.27. The van der Waals surface area contributed by atoms with Crippen molar-refractivity contribution in [1.29, 1.82) is 0 Å². The van der Waals surface area contributed by atoms with Crippen molar-refractivity contribution in [2.45, 2.75) is 11.4 Å². The highest BCUT2D eigenvalue weighted by atomic mass is 32.2. The Hall–Kier alpha value is -0.480. The predicted octanol–water partition coefficient (Wildman–Crippen LogP) is 1.19. The molecule has 0 aliphatic rings. The Bertz CT molecular complexity index is 242. The molecule has 0 saturated carbocycles. The topological polar surface area (TPSA) is 89.4 Å². The van der Waals surface area contributed by atoms with E-state index >= 15 is 0 Å². The van der Waals surface area contributed by atoms with Gasteiger partial charge in [-0.05, 0) is 0 Å². The molecular formula is C2H4F5NO3S. The van der Waals surface area contributed by atoms with Crippen molar-refractivity contribution < 1.29 is 34.9 Å². The smallest absolute Gasteiger partial charge is 0.344 e. The highest BCUT2D eigenvalue weighted by Gasteiger charge is 2.67. The van der Waals surface area contributed by atoms with Crippen molar-refractivity contribution in [1.82, 2.24) is 6.15 Å². The lowest BCUT2D eigenvalue weighted by atomic mass is 10.7. The quantitative estimate of drug-likeness (QED) is 0.510. The van der Waals surface area contributed by atoms with Gasteiger partial charge in [-0.1, -0.05) is 0 Å². The fraction of sp³-hybridized carbons (Fsp3) is 1.00. The molecule has 0 unspecified atom stereocenters. The van der Waals surface area contributed by atoms with Crippen LogP contribution in [0.4, 0.5) is 22.0 Å². The second-order valence-electron chi connectivity index (χ2n) is 1.49. The fourth-order valence-electron chi connectivity index (χ4n) is 0.146. The number of hydrogen-bond acceptors (Lipinski definition) is 3. The minimum Gasteiger partial charge on any atom is -0.344 e. The molecule has 0 radical (unpaired) electrons. The van der Waals surface area contributed by atoms with Gasteiger partial charge in [0.05, 0.1) is 0 Å². The third-order valence-electron chi connectivity index (χ3n) is 0.654. The highest BCUT2D eigenvalue weighted by Crippen LogP contribution is 2.38. The molecule has 0 aromatic heterocycles. The van der Waals surface area contributed by atoms with Crippen LogP contribution in [0.3, 0.4) is 0 Å². The monoisotopic (exact) mass is 217 g/mol. The van der Waals surface area contributed by atoms with Gasteiger partial charge in [-0.2, -0.15) is 30.4 Å². The molecule has 4 nitrogen and oxygen atoms in total. The maximum absolute atomic E-state index is 11.5. The molecule has 0 heterocycles. The van der Waals surface area contributed by atoms with E-state index in [4.69, 9.17) is 4.55 Å². The lowest BCUT2D eigenvalue weighted by Crippen LogP contribution is -2.43. The van der Waals surface area contributed by atoms with E-state index in [-0.39, 0.29) is 6.15 Å². The molecule has 0 fully saturated rings. The Balaban J connectivity index is 0. The Morgan fingerprint density at radius 3 is 1.25 bits per heavy atom. The van der Waals surface area contributed by atoms with Crippen molar-refractivity contribution in [2.75, 3.05) is 0 Å². The summed E-state index contributed by atoms with van der Waals surface area (Å²) in [4.78, 5) is 0. The van der Waals surface area contributed by atoms with Crippen LogP contribution in [0.25, 0.3) is 0 Å². The first-order valence-corrected chi connectivity index (χ1v) is 3.36. The number of hydrogen-bond donors (Lipinski definition) is 2. The summed E-state index contributed by atoms with van der Waals surface area (Å²) in [5.74, 6) is 0.